The molecule has 0 saturated carbocycles. The van der Waals surface area contributed by atoms with Crippen LogP contribution in [-0.4, -0.2) is 5.84 Å². The third-order valence-electron chi connectivity index (χ3n) is 2.07. The molecule has 2 rings (SSSR count). The first kappa shape index (κ1) is 9.99. The summed E-state index contributed by atoms with van der Waals surface area (Å²) in [6.07, 6.45) is 3.00. The fraction of sp³-hybridized carbons (Fsp3) is 0. The average Bonchev–Trinajstić information content (AvgIpc) is 2.83. The van der Waals surface area contributed by atoms with E-state index in [0.717, 1.165) is 0 Å². The smallest absolute Gasteiger partial charge is 0.133 e. The zero-order valence-corrected chi connectivity index (χ0v) is 8.40. The van der Waals surface area contributed by atoms with Crippen molar-refractivity contribution in [1.29, 1.82) is 10.7 Å². The fourth-order valence-electron chi connectivity index (χ4n) is 1.29. The van der Waals surface area contributed by atoms with Gasteiger partial charge >= 0.3 is 0 Å². The zero-order chi connectivity index (χ0) is 11.4. The van der Waals surface area contributed by atoms with E-state index in [1.54, 1.807) is 30.3 Å². The summed E-state index contributed by atoms with van der Waals surface area (Å²) in [7, 11) is 0. The van der Waals surface area contributed by atoms with Crippen LogP contribution < -0.4 is 5.32 Å². The quantitative estimate of drug-likeness (QED) is 0.592. The van der Waals surface area contributed by atoms with E-state index in [4.69, 9.17) is 15.1 Å². The van der Waals surface area contributed by atoms with Crippen LogP contribution in [0.4, 0.5) is 5.69 Å². The maximum absolute atomic E-state index is 8.73. The van der Waals surface area contributed by atoms with Gasteiger partial charge in [0, 0.05) is 5.69 Å². The van der Waals surface area contributed by atoms with Gasteiger partial charge in [0.25, 0.3) is 0 Å². The Kier molecular flexibility index (Phi) is 2.70. The third kappa shape index (κ3) is 2.10. The summed E-state index contributed by atoms with van der Waals surface area (Å²) in [5, 5.41) is 19.4. The van der Waals surface area contributed by atoms with Crippen LogP contribution in [0.15, 0.2) is 47.3 Å². The molecule has 1 heterocycles. The van der Waals surface area contributed by atoms with Crippen LogP contribution in [-0.2, 0) is 0 Å². The molecule has 0 unspecified atom stereocenters. The molecule has 0 bridgehead atoms. The Hall–Kier alpha value is -2.54. The number of rotatable bonds is 2. The molecule has 16 heavy (non-hydrogen) atoms. The van der Waals surface area contributed by atoms with E-state index in [2.05, 4.69) is 5.32 Å². The van der Waals surface area contributed by atoms with E-state index in [1.165, 1.54) is 12.5 Å². The lowest BCUT2D eigenvalue weighted by atomic mass is 10.2. The largest absolute Gasteiger partial charge is 0.472 e. The van der Waals surface area contributed by atoms with Crippen molar-refractivity contribution in [1.82, 2.24) is 0 Å². The number of amidine groups is 1. The van der Waals surface area contributed by atoms with Gasteiger partial charge in [0.05, 0.1) is 23.5 Å². The molecule has 0 aliphatic rings. The van der Waals surface area contributed by atoms with E-state index in [1.807, 2.05) is 6.07 Å². The molecule has 2 aromatic rings. The number of nitrogens with zero attached hydrogens (tertiary/aromatic N) is 1. The van der Waals surface area contributed by atoms with Gasteiger partial charge in [-0.3, -0.25) is 5.41 Å². The Labute approximate surface area is 92.6 Å². The van der Waals surface area contributed by atoms with Crippen LogP contribution in [0.3, 0.4) is 0 Å². The number of nitrogens with one attached hydrogen (secondary N) is 2. The Morgan fingerprint density at radius 3 is 2.94 bits per heavy atom. The van der Waals surface area contributed by atoms with Crippen molar-refractivity contribution in [2.75, 3.05) is 5.32 Å². The first-order chi connectivity index (χ1) is 7.79. The second kappa shape index (κ2) is 4.32. The maximum Gasteiger partial charge on any atom is 0.133 e. The second-order valence-electron chi connectivity index (χ2n) is 3.20. The van der Waals surface area contributed by atoms with Crippen molar-refractivity contribution < 1.29 is 4.42 Å². The van der Waals surface area contributed by atoms with E-state index in [9.17, 15) is 0 Å². The zero-order valence-electron chi connectivity index (χ0n) is 8.40. The van der Waals surface area contributed by atoms with Crippen LogP contribution in [0.25, 0.3) is 0 Å². The molecule has 2 N–H and O–H groups in total. The summed E-state index contributed by atoms with van der Waals surface area (Å²) < 4.78 is 4.89. The van der Waals surface area contributed by atoms with Crippen LogP contribution in [0.5, 0.6) is 0 Å². The first-order valence-electron chi connectivity index (χ1n) is 4.68. The van der Waals surface area contributed by atoms with Gasteiger partial charge in [-0.15, -0.1) is 0 Å². The van der Waals surface area contributed by atoms with Crippen molar-refractivity contribution in [2.24, 2.45) is 0 Å². The molecule has 0 spiro atoms. The van der Waals surface area contributed by atoms with Crippen LogP contribution in [0, 0.1) is 16.7 Å². The highest BCUT2D eigenvalue weighted by Crippen LogP contribution is 2.11. The van der Waals surface area contributed by atoms with Crippen LogP contribution in [0.1, 0.15) is 11.1 Å². The topological polar surface area (TPSA) is 72.8 Å². The Bertz CT molecular complexity index is 538. The van der Waals surface area contributed by atoms with Crippen molar-refractivity contribution in [3.63, 3.8) is 0 Å². The van der Waals surface area contributed by atoms with Gasteiger partial charge in [0.15, 0.2) is 0 Å². The molecule has 4 heteroatoms. The lowest BCUT2D eigenvalue weighted by molar-refractivity contribution is 0.567. The van der Waals surface area contributed by atoms with Gasteiger partial charge in [0.2, 0.25) is 0 Å². The van der Waals surface area contributed by atoms with Gasteiger partial charge in [-0.1, -0.05) is 6.07 Å². The van der Waals surface area contributed by atoms with Crippen LogP contribution >= 0.6 is 0 Å². The molecule has 78 valence electrons. The van der Waals surface area contributed by atoms with Gasteiger partial charge in [-0.05, 0) is 24.3 Å². The summed E-state index contributed by atoms with van der Waals surface area (Å²) in [6.45, 7) is 0. The minimum absolute atomic E-state index is 0.240. The molecule has 0 saturated heterocycles. The average molecular weight is 211 g/mol. The Morgan fingerprint density at radius 1 is 1.38 bits per heavy atom. The summed E-state index contributed by atoms with van der Waals surface area (Å²) in [6, 6.07) is 10.7. The lowest BCUT2D eigenvalue weighted by Gasteiger charge is -2.05. The monoisotopic (exact) mass is 211 g/mol. The van der Waals surface area contributed by atoms with E-state index < -0.39 is 0 Å². The predicted molar refractivity (Wildman–Crippen MR) is 60.3 cm³/mol. The third-order valence-corrected chi connectivity index (χ3v) is 2.07. The van der Waals surface area contributed by atoms with Crippen molar-refractivity contribution in [3.8, 4) is 6.07 Å². The van der Waals surface area contributed by atoms with E-state index >= 15 is 0 Å². The van der Waals surface area contributed by atoms with Gasteiger partial charge < -0.3 is 9.73 Å². The highest BCUT2D eigenvalue weighted by atomic mass is 16.3. The van der Waals surface area contributed by atoms with Crippen molar-refractivity contribution in [3.05, 3.63) is 54.0 Å². The minimum Gasteiger partial charge on any atom is -0.472 e. The molecule has 0 amide bonds. The lowest BCUT2D eigenvalue weighted by Crippen LogP contribution is -2.10. The molecular weight excluding hydrogens is 202 g/mol. The highest BCUT2D eigenvalue weighted by Gasteiger charge is 2.03. The van der Waals surface area contributed by atoms with E-state index in [-0.39, 0.29) is 5.84 Å². The number of benzene rings is 1. The number of anilines is 1. The molecule has 0 fully saturated rings. The highest BCUT2D eigenvalue weighted by molar-refractivity contribution is 6.05. The van der Waals surface area contributed by atoms with Gasteiger partial charge in [-0.25, -0.2) is 0 Å². The molecule has 0 atom stereocenters. The molecule has 0 aliphatic carbocycles. The van der Waals surface area contributed by atoms with Crippen LogP contribution in [0.2, 0.25) is 0 Å². The number of hydrogen-bond acceptors (Lipinski definition) is 3. The summed E-state index contributed by atoms with van der Waals surface area (Å²) in [4.78, 5) is 0. The molecular formula is C12H9N3O. The minimum atomic E-state index is 0.240. The second-order valence-corrected chi connectivity index (χ2v) is 3.20. The summed E-state index contributed by atoms with van der Waals surface area (Å²) in [5.74, 6) is 0.240. The molecule has 1 aromatic heterocycles. The Balaban J connectivity index is 2.16. The van der Waals surface area contributed by atoms with Gasteiger partial charge in [-0.2, -0.15) is 5.26 Å². The molecule has 0 radical (unpaired) electrons. The van der Waals surface area contributed by atoms with Crippen molar-refractivity contribution >= 4 is 11.5 Å². The van der Waals surface area contributed by atoms with E-state index in [0.29, 0.717) is 16.8 Å². The molecule has 4 nitrogen and oxygen atoms in total. The van der Waals surface area contributed by atoms with Crippen molar-refractivity contribution in [2.45, 2.75) is 0 Å². The molecule has 0 aliphatic heterocycles. The normalized spacial score (nSPS) is 9.44. The summed E-state index contributed by atoms with van der Waals surface area (Å²) in [5.41, 5.74) is 1.94. The number of hydrogen-bond donors (Lipinski definition) is 2. The Morgan fingerprint density at radius 2 is 2.25 bits per heavy atom. The van der Waals surface area contributed by atoms with Gasteiger partial charge in [0.1, 0.15) is 12.1 Å². The standard InChI is InChI=1S/C12H9N3O/c13-7-9-2-1-3-11(6-9)15-12(14)10-4-5-16-8-10/h1-6,8H,(H2,14,15). The SMILES string of the molecule is N#Cc1cccc(NC(=N)c2ccoc2)c1. The number of nitriles is 1. The summed E-state index contributed by atoms with van der Waals surface area (Å²) >= 11 is 0. The first-order valence-corrected chi connectivity index (χ1v) is 4.68. The maximum atomic E-state index is 8.73. The number of furan rings is 1. The molecule has 1 aromatic carbocycles. The fourth-order valence-corrected chi connectivity index (χ4v) is 1.29. The predicted octanol–water partition coefficient (Wildman–Crippen LogP) is 2.59.